The molecule has 0 spiro atoms. The number of aryl methyl sites for hydroxylation is 1. The Bertz CT molecular complexity index is 1450. The number of nitrogens with one attached hydrogen (secondary N) is 1. The predicted molar refractivity (Wildman–Crippen MR) is 153 cm³/mol. The molecule has 2 aliphatic heterocycles. The molecule has 0 bridgehead atoms. The largest absolute Gasteiger partial charge is 0.378 e. The van der Waals surface area contributed by atoms with Crippen molar-refractivity contribution in [2.24, 2.45) is 0 Å². The molecule has 2 aromatic carbocycles. The molecule has 1 N–H and O–H groups in total. The summed E-state index contributed by atoms with van der Waals surface area (Å²) in [6.45, 7) is 7.32. The van der Waals surface area contributed by atoms with E-state index in [0.29, 0.717) is 10.8 Å². The Balaban J connectivity index is 1.44. The Kier molecular flexibility index (Phi) is 6.59. The van der Waals surface area contributed by atoms with Crippen LogP contribution in [0.25, 0.3) is 5.69 Å². The van der Waals surface area contributed by atoms with Crippen molar-refractivity contribution in [2.45, 2.75) is 25.9 Å². The van der Waals surface area contributed by atoms with Crippen LogP contribution in [0.1, 0.15) is 34.7 Å². The normalized spacial score (nSPS) is 19.6. The Morgan fingerprint density at radius 1 is 0.947 bits per heavy atom. The minimum atomic E-state index is -0.252. The standard InChI is InChI=1S/C30H30FN5OS/c1-20-19-24(21(2)35(20)27-9-4-3-7-25(27)31)29-28(26-8-5-6-14-32-26)33-30(38)36(29)23-12-10-22(11-13-23)34-15-17-37-18-16-34/h3-14,19,28-29H,15-18H2,1-2H3,(H,33,38)/t28-,29+/m1/s1. The number of anilines is 2. The van der Waals surface area contributed by atoms with Crippen molar-refractivity contribution in [2.75, 3.05) is 36.1 Å². The summed E-state index contributed by atoms with van der Waals surface area (Å²) in [6.07, 6.45) is 1.81. The van der Waals surface area contributed by atoms with E-state index in [9.17, 15) is 4.39 Å². The molecule has 2 aliphatic rings. The number of benzene rings is 2. The molecule has 4 aromatic rings. The van der Waals surface area contributed by atoms with Crippen LogP contribution in [0, 0.1) is 19.7 Å². The van der Waals surface area contributed by atoms with E-state index in [1.54, 1.807) is 12.3 Å². The van der Waals surface area contributed by atoms with Crippen molar-refractivity contribution in [1.82, 2.24) is 14.9 Å². The lowest BCUT2D eigenvalue weighted by molar-refractivity contribution is 0.122. The second-order valence-corrected chi connectivity index (χ2v) is 10.1. The molecule has 0 saturated carbocycles. The third kappa shape index (κ3) is 4.33. The number of halogens is 1. The Morgan fingerprint density at radius 2 is 1.66 bits per heavy atom. The number of rotatable bonds is 5. The van der Waals surface area contributed by atoms with Gasteiger partial charge in [0.15, 0.2) is 5.11 Å². The third-order valence-electron chi connectivity index (χ3n) is 7.48. The number of hydrogen-bond acceptors (Lipinski definition) is 4. The fourth-order valence-corrected chi connectivity index (χ4v) is 6.03. The van der Waals surface area contributed by atoms with Gasteiger partial charge in [-0.1, -0.05) is 18.2 Å². The van der Waals surface area contributed by atoms with Gasteiger partial charge in [0.25, 0.3) is 0 Å². The highest BCUT2D eigenvalue weighted by molar-refractivity contribution is 7.80. The van der Waals surface area contributed by atoms with Crippen LogP contribution in [-0.4, -0.2) is 41.0 Å². The van der Waals surface area contributed by atoms with Crippen LogP contribution in [-0.2, 0) is 4.74 Å². The van der Waals surface area contributed by atoms with Gasteiger partial charge in [-0.25, -0.2) is 4.39 Å². The molecule has 194 valence electrons. The van der Waals surface area contributed by atoms with Crippen LogP contribution in [0.2, 0.25) is 0 Å². The molecule has 0 radical (unpaired) electrons. The molecule has 0 aliphatic carbocycles. The second-order valence-electron chi connectivity index (χ2n) is 9.73. The first kappa shape index (κ1) is 24.6. The average Bonchev–Trinajstić information content (AvgIpc) is 3.45. The smallest absolute Gasteiger partial charge is 0.174 e. The van der Waals surface area contributed by atoms with Crippen molar-refractivity contribution in [3.63, 3.8) is 0 Å². The van der Waals surface area contributed by atoms with Crippen molar-refractivity contribution < 1.29 is 9.13 Å². The summed E-state index contributed by atoms with van der Waals surface area (Å²) in [5, 5.41) is 4.18. The zero-order valence-electron chi connectivity index (χ0n) is 21.5. The Hall–Kier alpha value is -3.75. The number of hydrogen-bond donors (Lipinski definition) is 1. The molecule has 2 fully saturated rings. The summed E-state index contributed by atoms with van der Waals surface area (Å²) >= 11 is 5.93. The van der Waals surface area contributed by atoms with Gasteiger partial charge in [0, 0.05) is 42.0 Å². The molecular formula is C30H30FN5OS. The van der Waals surface area contributed by atoms with Gasteiger partial charge in [-0.3, -0.25) is 4.98 Å². The first-order valence-corrected chi connectivity index (χ1v) is 13.3. The van der Waals surface area contributed by atoms with E-state index in [-0.39, 0.29) is 17.9 Å². The number of pyridine rings is 1. The minimum Gasteiger partial charge on any atom is -0.378 e. The maximum absolute atomic E-state index is 14.9. The van der Waals surface area contributed by atoms with Gasteiger partial charge < -0.3 is 24.4 Å². The maximum atomic E-state index is 14.9. The summed E-state index contributed by atoms with van der Waals surface area (Å²) < 4.78 is 22.4. The van der Waals surface area contributed by atoms with Crippen LogP contribution < -0.4 is 15.1 Å². The number of morpholine rings is 1. The Morgan fingerprint density at radius 3 is 2.37 bits per heavy atom. The van der Waals surface area contributed by atoms with Gasteiger partial charge in [0.2, 0.25) is 0 Å². The lowest BCUT2D eigenvalue weighted by atomic mass is 9.96. The van der Waals surface area contributed by atoms with Crippen LogP contribution in [0.3, 0.4) is 0 Å². The van der Waals surface area contributed by atoms with E-state index in [1.165, 1.54) is 11.8 Å². The molecule has 6 nitrogen and oxygen atoms in total. The van der Waals surface area contributed by atoms with E-state index in [1.807, 2.05) is 48.7 Å². The quantitative estimate of drug-likeness (QED) is 0.339. The molecule has 8 heteroatoms. The zero-order valence-corrected chi connectivity index (χ0v) is 22.3. The molecule has 0 unspecified atom stereocenters. The number of nitrogens with zero attached hydrogens (tertiary/aromatic N) is 4. The van der Waals surface area contributed by atoms with E-state index in [4.69, 9.17) is 17.0 Å². The SMILES string of the molecule is Cc1cc([C@H]2[C@@H](c3ccccn3)NC(=S)N2c2ccc(N3CCOCC3)cc2)c(C)n1-c1ccccc1F. The maximum Gasteiger partial charge on any atom is 0.174 e. The number of para-hydroxylation sites is 1. The molecule has 4 heterocycles. The van der Waals surface area contributed by atoms with Gasteiger partial charge in [-0.2, -0.15) is 0 Å². The van der Waals surface area contributed by atoms with Crippen LogP contribution in [0.4, 0.5) is 15.8 Å². The van der Waals surface area contributed by atoms with Crippen LogP contribution in [0.15, 0.2) is 79.0 Å². The first-order chi connectivity index (χ1) is 18.5. The number of ether oxygens (including phenoxy) is 1. The molecule has 2 atom stereocenters. The predicted octanol–water partition coefficient (Wildman–Crippen LogP) is 5.64. The van der Waals surface area contributed by atoms with Gasteiger partial charge in [0.05, 0.1) is 36.7 Å². The highest BCUT2D eigenvalue weighted by atomic mass is 32.1. The Labute approximate surface area is 227 Å². The number of thiocarbonyl (C=S) groups is 1. The molecule has 38 heavy (non-hydrogen) atoms. The minimum absolute atomic E-state index is 0.168. The summed E-state index contributed by atoms with van der Waals surface area (Å²) in [4.78, 5) is 9.18. The zero-order chi connectivity index (χ0) is 26.2. The molecule has 2 aromatic heterocycles. The lowest BCUT2D eigenvalue weighted by Crippen LogP contribution is -2.36. The monoisotopic (exact) mass is 527 g/mol. The van der Waals surface area contributed by atoms with Crippen molar-refractivity contribution in [3.8, 4) is 5.69 Å². The van der Waals surface area contributed by atoms with Gasteiger partial charge >= 0.3 is 0 Å². The second kappa shape index (κ2) is 10.2. The summed E-state index contributed by atoms with van der Waals surface area (Å²) in [6, 6.07) is 23.2. The van der Waals surface area contributed by atoms with Crippen LogP contribution in [0.5, 0.6) is 0 Å². The van der Waals surface area contributed by atoms with Crippen molar-refractivity contribution in [1.29, 1.82) is 0 Å². The van der Waals surface area contributed by atoms with Gasteiger partial charge in [-0.15, -0.1) is 0 Å². The average molecular weight is 528 g/mol. The number of aromatic nitrogens is 2. The third-order valence-corrected chi connectivity index (χ3v) is 7.80. The highest BCUT2D eigenvalue weighted by Crippen LogP contribution is 2.44. The van der Waals surface area contributed by atoms with E-state index in [2.05, 4.69) is 50.4 Å². The van der Waals surface area contributed by atoms with Gasteiger partial charge in [0.1, 0.15) is 5.82 Å². The molecule has 2 saturated heterocycles. The fraction of sp³-hybridized carbons (Fsp3) is 0.267. The fourth-order valence-electron chi connectivity index (χ4n) is 5.69. The molecular weight excluding hydrogens is 497 g/mol. The molecule has 6 rings (SSSR count). The highest BCUT2D eigenvalue weighted by Gasteiger charge is 2.42. The van der Waals surface area contributed by atoms with Crippen LogP contribution >= 0.6 is 12.2 Å². The summed E-state index contributed by atoms with van der Waals surface area (Å²) in [7, 11) is 0. The lowest BCUT2D eigenvalue weighted by Gasteiger charge is -2.31. The summed E-state index contributed by atoms with van der Waals surface area (Å²) in [5.41, 5.74) is 6.62. The van der Waals surface area contributed by atoms with Gasteiger partial charge in [-0.05, 0) is 86.2 Å². The van der Waals surface area contributed by atoms with E-state index < -0.39 is 0 Å². The first-order valence-electron chi connectivity index (χ1n) is 12.9. The van der Waals surface area contributed by atoms with Crippen molar-refractivity contribution >= 4 is 28.7 Å². The van der Waals surface area contributed by atoms with E-state index in [0.717, 1.165) is 54.6 Å². The molecule has 0 amide bonds. The van der Waals surface area contributed by atoms with E-state index >= 15 is 0 Å². The van der Waals surface area contributed by atoms with Crippen molar-refractivity contribution in [3.05, 3.63) is 107 Å². The topological polar surface area (TPSA) is 45.6 Å². The summed E-state index contributed by atoms with van der Waals surface area (Å²) in [5.74, 6) is -0.252.